The van der Waals surface area contributed by atoms with Gasteiger partial charge in [-0.1, -0.05) is 33.8 Å². The van der Waals surface area contributed by atoms with Gasteiger partial charge in [0.1, 0.15) is 0 Å². The molecule has 0 spiro atoms. The van der Waals surface area contributed by atoms with Crippen LogP contribution in [0, 0.1) is 28.6 Å². The number of ketones is 1. The molecule has 0 bridgehead atoms. The zero-order chi connectivity index (χ0) is 21.1. The van der Waals surface area contributed by atoms with Gasteiger partial charge in [-0.3, -0.25) is 14.4 Å². The molecule has 0 radical (unpaired) electrons. The number of ether oxygens (including phenoxy) is 2. The lowest BCUT2D eigenvalue weighted by atomic mass is 9.58. The number of allylic oxidation sites excluding steroid dienone is 2. The molecule has 0 aromatic heterocycles. The molecule has 28 heavy (non-hydrogen) atoms. The standard InChI is InChI=1S/C23H36O5/c1-7-27-20(25)17(21(26)28-8-2)13-15(3)19(24)16-9-12-23(6)14-22(4,5)11-10-18(16)23/h9,15,17-18H,7-8,10-14H2,1-6H3/t15?,18-,23-/m1/s1. The second kappa shape index (κ2) is 8.79. The summed E-state index contributed by atoms with van der Waals surface area (Å²) in [7, 11) is 0. The molecule has 158 valence electrons. The van der Waals surface area contributed by atoms with E-state index in [9.17, 15) is 14.4 Å². The second-order valence-corrected chi connectivity index (χ2v) is 9.51. The lowest BCUT2D eigenvalue weighted by molar-refractivity contribution is -0.162. The van der Waals surface area contributed by atoms with Crippen molar-refractivity contribution in [3.63, 3.8) is 0 Å². The van der Waals surface area contributed by atoms with Gasteiger partial charge in [0.05, 0.1) is 13.2 Å². The monoisotopic (exact) mass is 392 g/mol. The van der Waals surface area contributed by atoms with Crippen LogP contribution in [0.1, 0.15) is 73.6 Å². The van der Waals surface area contributed by atoms with E-state index in [1.165, 1.54) is 0 Å². The maximum atomic E-state index is 13.2. The van der Waals surface area contributed by atoms with Crippen LogP contribution in [-0.4, -0.2) is 30.9 Å². The van der Waals surface area contributed by atoms with Gasteiger partial charge < -0.3 is 9.47 Å². The lowest BCUT2D eigenvalue weighted by Gasteiger charge is -2.46. The molecule has 0 aromatic carbocycles. The highest BCUT2D eigenvalue weighted by Gasteiger charge is 2.49. The maximum absolute atomic E-state index is 13.2. The van der Waals surface area contributed by atoms with Crippen LogP contribution in [0.25, 0.3) is 0 Å². The molecule has 0 saturated heterocycles. The molecule has 0 amide bonds. The van der Waals surface area contributed by atoms with Gasteiger partial charge in [0.15, 0.2) is 11.7 Å². The van der Waals surface area contributed by atoms with Crippen LogP contribution < -0.4 is 0 Å². The van der Waals surface area contributed by atoms with E-state index in [0.29, 0.717) is 5.41 Å². The topological polar surface area (TPSA) is 69.7 Å². The van der Waals surface area contributed by atoms with E-state index in [1.807, 2.05) is 0 Å². The van der Waals surface area contributed by atoms with Crippen molar-refractivity contribution in [3.05, 3.63) is 11.6 Å². The Hall–Kier alpha value is -1.65. The highest BCUT2D eigenvalue weighted by atomic mass is 16.6. The zero-order valence-corrected chi connectivity index (χ0v) is 18.3. The van der Waals surface area contributed by atoms with Crippen LogP contribution in [0.5, 0.6) is 0 Å². The average Bonchev–Trinajstić information content (AvgIpc) is 2.93. The molecule has 0 aromatic rings. The Morgan fingerprint density at radius 2 is 1.68 bits per heavy atom. The third kappa shape index (κ3) is 4.84. The fraction of sp³-hybridized carbons (Fsp3) is 0.783. The number of carbonyl (C=O) groups is 3. The molecule has 5 heteroatoms. The highest BCUT2D eigenvalue weighted by molar-refractivity contribution is 6.00. The number of esters is 2. The number of Topliss-reactive ketones (excluding diaryl/α,β-unsaturated/α-hetero) is 1. The van der Waals surface area contributed by atoms with Gasteiger partial charge >= 0.3 is 11.9 Å². The highest BCUT2D eigenvalue weighted by Crippen LogP contribution is 2.57. The third-order valence-electron chi connectivity index (χ3n) is 6.46. The molecule has 1 unspecified atom stereocenters. The Labute approximate surface area is 169 Å². The quantitative estimate of drug-likeness (QED) is 0.450. The van der Waals surface area contributed by atoms with Gasteiger partial charge in [0, 0.05) is 5.92 Å². The van der Waals surface area contributed by atoms with E-state index in [0.717, 1.165) is 31.3 Å². The Bertz CT molecular complexity index is 629. The van der Waals surface area contributed by atoms with Crippen LogP contribution in [-0.2, 0) is 23.9 Å². The molecular weight excluding hydrogens is 356 g/mol. The second-order valence-electron chi connectivity index (χ2n) is 9.51. The molecule has 1 fully saturated rings. The predicted octanol–water partition coefficient (Wildman–Crippen LogP) is 4.49. The first-order valence-corrected chi connectivity index (χ1v) is 10.6. The largest absolute Gasteiger partial charge is 0.465 e. The lowest BCUT2D eigenvalue weighted by Crippen LogP contribution is -2.38. The van der Waals surface area contributed by atoms with Crippen molar-refractivity contribution in [2.24, 2.45) is 28.6 Å². The van der Waals surface area contributed by atoms with Gasteiger partial charge in [0.2, 0.25) is 0 Å². The summed E-state index contributed by atoms with van der Waals surface area (Å²) >= 11 is 0. The third-order valence-corrected chi connectivity index (χ3v) is 6.46. The van der Waals surface area contributed by atoms with Crippen molar-refractivity contribution < 1.29 is 23.9 Å². The molecule has 0 heterocycles. The summed E-state index contributed by atoms with van der Waals surface area (Å²) in [6.07, 6.45) is 6.40. The van der Waals surface area contributed by atoms with Crippen molar-refractivity contribution in [2.75, 3.05) is 13.2 Å². The number of rotatable bonds is 8. The van der Waals surface area contributed by atoms with E-state index in [-0.39, 0.29) is 36.8 Å². The summed E-state index contributed by atoms with van der Waals surface area (Å²) in [5.41, 5.74) is 1.34. The normalized spacial score (nSPS) is 27.0. The van der Waals surface area contributed by atoms with Crippen LogP contribution in [0.2, 0.25) is 0 Å². The zero-order valence-electron chi connectivity index (χ0n) is 18.3. The van der Waals surface area contributed by atoms with Gasteiger partial charge in [-0.15, -0.1) is 0 Å². The smallest absolute Gasteiger partial charge is 0.320 e. The van der Waals surface area contributed by atoms with E-state index >= 15 is 0 Å². The number of hydrogen-bond acceptors (Lipinski definition) is 5. The SMILES string of the molecule is CCOC(=O)C(CC(C)C(=O)C1=CC[C@]2(C)CC(C)(C)CC[C@H]12)C(=O)OCC. The van der Waals surface area contributed by atoms with E-state index < -0.39 is 23.8 Å². The first-order valence-electron chi connectivity index (χ1n) is 10.6. The summed E-state index contributed by atoms with van der Waals surface area (Å²) < 4.78 is 10.1. The molecule has 2 aliphatic carbocycles. The molecule has 0 N–H and O–H groups in total. The van der Waals surface area contributed by atoms with Crippen LogP contribution in [0.3, 0.4) is 0 Å². The first kappa shape index (κ1) is 22.6. The summed E-state index contributed by atoms with van der Waals surface area (Å²) in [6.45, 7) is 12.5. The fourth-order valence-corrected chi connectivity index (χ4v) is 5.21. The van der Waals surface area contributed by atoms with Crippen molar-refractivity contribution >= 4 is 17.7 Å². The Balaban J connectivity index is 2.10. The summed E-state index contributed by atoms with van der Waals surface area (Å²) in [4.78, 5) is 37.7. The van der Waals surface area contributed by atoms with Crippen molar-refractivity contribution in [2.45, 2.75) is 73.6 Å². The summed E-state index contributed by atoms with van der Waals surface area (Å²) in [5.74, 6) is -2.35. The van der Waals surface area contributed by atoms with Crippen molar-refractivity contribution in [3.8, 4) is 0 Å². The van der Waals surface area contributed by atoms with Gasteiger partial charge in [0.25, 0.3) is 0 Å². The van der Waals surface area contributed by atoms with E-state index in [2.05, 4.69) is 26.8 Å². The minimum atomic E-state index is -1.04. The minimum Gasteiger partial charge on any atom is -0.465 e. The molecule has 5 nitrogen and oxygen atoms in total. The molecule has 1 saturated carbocycles. The Morgan fingerprint density at radius 1 is 1.11 bits per heavy atom. The number of hydrogen-bond donors (Lipinski definition) is 0. The maximum Gasteiger partial charge on any atom is 0.320 e. The predicted molar refractivity (Wildman–Crippen MR) is 107 cm³/mol. The molecule has 2 rings (SSSR count). The molecule has 2 aliphatic rings. The van der Waals surface area contributed by atoms with Crippen LogP contribution >= 0.6 is 0 Å². The minimum absolute atomic E-state index is 0.0621. The van der Waals surface area contributed by atoms with Crippen LogP contribution in [0.15, 0.2) is 11.6 Å². The van der Waals surface area contributed by atoms with Gasteiger partial charge in [-0.05, 0) is 68.3 Å². The van der Waals surface area contributed by atoms with E-state index in [4.69, 9.17) is 9.47 Å². The van der Waals surface area contributed by atoms with Gasteiger partial charge in [-0.25, -0.2) is 0 Å². The average molecular weight is 393 g/mol. The summed E-state index contributed by atoms with van der Waals surface area (Å²) in [6, 6.07) is 0. The Kier molecular flexibility index (Phi) is 7.11. The molecular formula is C23H36O5. The Morgan fingerprint density at radius 3 is 2.21 bits per heavy atom. The molecule has 3 atom stereocenters. The van der Waals surface area contributed by atoms with Crippen LogP contribution in [0.4, 0.5) is 0 Å². The first-order chi connectivity index (χ1) is 13.0. The fourth-order valence-electron chi connectivity index (χ4n) is 5.21. The van der Waals surface area contributed by atoms with Crippen molar-refractivity contribution in [1.82, 2.24) is 0 Å². The molecule has 0 aliphatic heterocycles. The number of fused-ring (bicyclic) bond motifs is 1. The van der Waals surface area contributed by atoms with Crippen molar-refractivity contribution in [1.29, 1.82) is 0 Å². The van der Waals surface area contributed by atoms with E-state index in [1.54, 1.807) is 20.8 Å². The van der Waals surface area contributed by atoms with Gasteiger partial charge in [-0.2, -0.15) is 0 Å². The number of carbonyl (C=O) groups excluding carboxylic acids is 3. The summed E-state index contributed by atoms with van der Waals surface area (Å²) in [5, 5.41) is 0.